The van der Waals surface area contributed by atoms with Gasteiger partial charge in [-0.2, -0.15) is 0 Å². The molecule has 2 atom stereocenters. The first kappa shape index (κ1) is 31.3. The normalized spacial score (nSPS) is 12.8. The van der Waals surface area contributed by atoms with Gasteiger partial charge in [-0.1, -0.05) is 60.5 Å². The van der Waals surface area contributed by atoms with Crippen LogP contribution in [0.25, 0.3) is 0 Å². The van der Waals surface area contributed by atoms with E-state index in [1.807, 2.05) is 13.8 Å². The predicted molar refractivity (Wildman–Crippen MR) is 158 cm³/mol. The predicted octanol–water partition coefficient (Wildman–Crippen LogP) is 5.53. The number of carbonyl (C=O) groups excluding carboxylic acids is 2. The van der Waals surface area contributed by atoms with Crippen LogP contribution in [0, 0.1) is 0 Å². The molecular formula is C29H33Cl2N3O5S. The highest BCUT2D eigenvalue weighted by molar-refractivity contribution is 7.92. The molecule has 0 fully saturated rings. The molecule has 11 heteroatoms. The zero-order valence-corrected chi connectivity index (χ0v) is 25.1. The van der Waals surface area contributed by atoms with Crippen molar-refractivity contribution in [1.82, 2.24) is 10.2 Å². The summed E-state index contributed by atoms with van der Waals surface area (Å²) >= 11 is 12.3. The SMILES string of the molecule is CC[C@@H](C)NC(=O)[C@H](C)N(Cc1cccc(OC)c1)C(=O)CN(c1ccc(Cl)c(Cl)c1)S(=O)(=O)c1ccccc1. The number of methoxy groups -OCH3 is 1. The number of nitrogens with zero attached hydrogens (tertiary/aromatic N) is 2. The Bertz CT molecular complexity index is 1440. The van der Waals surface area contributed by atoms with Gasteiger partial charge in [0.15, 0.2) is 0 Å². The lowest BCUT2D eigenvalue weighted by molar-refractivity contribution is -0.139. The second-order valence-electron chi connectivity index (χ2n) is 9.29. The summed E-state index contributed by atoms with van der Waals surface area (Å²) in [4.78, 5) is 28.5. The van der Waals surface area contributed by atoms with E-state index in [1.165, 1.54) is 42.3 Å². The Labute approximate surface area is 245 Å². The molecule has 0 spiro atoms. The van der Waals surface area contributed by atoms with E-state index in [0.717, 1.165) is 4.31 Å². The summed E-state index contributed by atoms with van der Waals surface area (Å²) in [6.45, 7) is 4.90. The molecule has 0 aliphatic heterocycles. The van der Waals surface area contributed by atoms with Crippen LogP contribution in [0.5, 0.6) is 5.75 Å². The molecule has 0 aliphatic rings. The minimum Gasteiger partial charge on any atom is -0.497 e. The van der Waals surface area contributed by atoms with Gasteiger partial charge in [0.05, 0.1) is 27.7 Å². The molecule has 0 saturated heterocycles. The number of rotatable bonds is 12. The Hall–Kier alpha value is -3.27. The molecule has 3 aromatic carbocycles. The molecule has 0 saturated carbocycles. The van der Waals surface area contributed by atoms with E-state index in [-0.39, 0.29) is 39.1 Å². The van der Waals surface area contributed by atoms with E-state index >= 15 is 0 Å². The molecule has 40 heavy (non-hydrogen) atoms. The van der Waals surface area contributed by atoms with E-state index in [4.69, 9.17) is 27.9 Å². The van der Waals surface area contributed by atoms with Gasteiger partial charge in [0.1, 0.15) is 18.3 Å². The number of carbonyl (C=O) groups is 2. The fourth-order valence-corrected chi connectivity index (χ4v) is 5.62. The van der Waals surface area contributed by atoms with Crippen LogP contribution in [0.4, 0.5) is 5.69 Å². The average molecular weight is 607 g/mol. The van der Waals surface area contributed by atoms with Gasteiger partial charge in [0.2, 0.25) is 11.8 Å². The van der Waals surface area contributed by atoms with E-state index in [9.17, 15) is 18.0 Å². The van der Waals surface area contributed by atoms with Gasteiger partial charge in [0, 0.05) is 12.6 Å². The maximum Gasteiger partial charge on any atom is 0.264 e. The number of ether oxygens (including phenoxy) is 1. The highest BCUT2D eigenvalue weighted by Gasteiger charge is 2.33. The molecule has 0 radical (unpaired) electrons. The second kappa shape index (κ2) is 13.9. The smallest absolute Gasteiger partial charge is 0.264 e. The minimum atomic E-state index is -4.20. The number of amides is 2. The number of anilines is 1. The number of sulfonamides is 1. The Morgan fingerprint density at radius 3 is 2.27 bits per heavy atom. The highest BCUT2D eigenvalue weighted by Crippen LogP contribution is 2.31. The quantitative estimate of drug-likeness (QED) is 0.293. The van der Waals surface area contributed by atoms with E-state index in [2.05, 4.69) is 5.32 Å². The van der Waals surface area contributed by atoms with Gasteiger partial charge in [0.25, 0.3) is 10.0 Å². The maximum atomic E-state index is 14.0. The van der Waals surface area contributed by atoms with Gasteiger partial charge >= 0.3 is 0 Å². The molecule has 0 unspecified atom stereocenters. The van der Waals surface area contributed by atoms with Crippen LogP contribution >= 0.6 is 23.2 Å². The number of benzene rings is 3. The second-order valence-corrected chi connectivity index (χ2v) is 12.0. The number of hydrogen-bond donors (Lipinski definition) is 1. The summed E-state index contributed by atoms with van der Waals surface area (Å²) in [5.41, 5.74) is 0.868. The molecule has 0 bridgehead atoms. The van der Waals surface area contributed by atoms with E-state index in [0.29, 0.717) is 17.7 Å². The molecule has 3 aromatic rings. The topological polar surface area (TPSA) is 96.0 Å². The van der Waals surface area contributed by atoms with Crippen LogP contribution in [0.2, 0.25) is 10.0 Å². The third kappa shape index (κ3) is 7.68. The van der Waals surface area contributed by atoms with Crippen LogP contribution in [-0.4, -0.2) is 50.9 Å². The first-order valence-electron chi connectivity index (χ1n) is 12.7. The van der Waals surface area contributed by atoms with Crippen molar-refractivity contribution in [3.8, 4) is 5.75 Å². The number of hydrogen-bond acceptors (Lipinski definition) is 5. The third-order valence-corrected chi connectivity index (χ3v) is 8.98. The summed E-state index contributed by atoms with van der Waals surface area (Å²) in [5.74, 6) is -0.344. The van der Waals surface area contributed by atoms with E-state index < -0.39 is 28.5 Å². The van der Waals surface area contributed by atoms with Gasteiger partial charge < -0.3 is 15.0 Å². The number of halogens is 2. The summed E-state index contributed by atoms with van der Waals surface area (Å²) in [5, 5.41) is 3.28. The first-order chi connectivity index (χ1) is 19.0. The van der Waals surface area contributed by atoms with Crippen molar-refractivity contribution in [3.05, 3.63) is 88.4 Å². The molecular weight excluding hydrogens is 573 g/mol. The Kier molecular flexibility index (Phi) is 10.8. The molecule has 1 N–H and O–H groups in total. The van der Waals surface area contributed by atoms with Crippen molar-refractivity contribution >= 4 is 50.7 Å². The zero-order chi connectivity index (χ0) is 29.4. The molecule has 214 valence electrons. The number of nitrogens with one attached hydrogen (secondary N) is 1. The van der Waals surface area contributed by atoms with Gasteiger partial charge in [-0.15, -0.1) is 0 Å². The summed E-state index contributed by atoms with van der Waals surface area (Å²) < 4.78 is 33.9. The molecule has 0 aromatic heterocycles. The monoisotopic (exact) mass is 605 g/mol. The summed E-state index contributed by atoms with van der Waals surface area (Å²) in [6.07, 6.45) is 0.711. The molecule has 8 nitrogen and oxygen atoms in total. The van der Waals surface area contributed by atoms with Crippen molar-refractivity contribution in [2.24, 2.45) is 0 Å². The van der Waals surface area contributed by atoms with Crippen LogP contribution < -0.4 is 14.4 Å². The fourth-order valence-electron chi connectivity index (χ4n) is 3.90. The van der Waals surface area contributed by atoms with Crippen molar-refractivity contribution in [3.63, 3.8) is 0 Å². The highest BCUT2D eigenvalue weighted by atomic mass is 35.5. The van der Waals surface area contributed by atoms with Crippen molar-refractivity contribution in [2.75, 3.05) is 18.0 Å². The van der Waals surface area contributed by atoms with Gasteiger partial charge in [-0.05, 0) is 68.3 Å². The first-order valence-corrected chi connectivity index (χ1v) is 14.9. The van der Waals surface area contributed by atoms with Gasteiger partial charge in [-0.25, -0.2) is 8.42 Å². The largest absolute Gasteiger partial charge is 0.497 e. The lowest BCUT2D eigenvalue weighted by Crippen LogP contribution is -2.52. The minimum absolute atomic E-state index is 0.00391. The third-order valence-electron chi connectivity index (χ3n) is 6.46. The van der Waals surface area contributed by atoms with E-state index in [1.54, 1.807) is 49.4 Å². The lowest BCUT2D eigenvalue weighted by Gasteiger charge is -2.32. The van der Waals surface area contributed by atoms with Crippen LogP contribution in [0.3, 0.4) is 0 Å². The molecule has 2 amide bonds. The van der Waals surface area contributed by atoms with Crippen molar-refractivity contribution < 1.29 is 22.7 Å². The summed E-state index contributed by atoms with van der Waals surface area (Å²) in [7, 11) is -2.67. The maximum absolute atomic E-state index is 14.0. The van der Waals surface area contributed by atoms with Crippen LogP contribution in [-0.2, 0) is 26.2 Å². The van der Waals surface area contributed by atoms with Crippen LogP contribution in [0.15, 0.2) is 77.7 Å². The molecule has 0 aliphatic carbocycles. The summed E-state index contributed by atoms with van der Waals surface area (Å²) in [6, 6.07) is 18.2. The standard InChI is InChI=1S/C29H33Cl2N3O5S/c1-5-20(2)32-29(36)21(3)33(18-22-10-9-11-24(16-22)39-4)28(35)19-34(23-14-15-26(30)27(31)17-23)40(37,38)25-12-7-6-8-13-25/h6-17,20-21H,5,18-19H2,1-4H3,(H,32,36)/t20-,21+/m1/s1. The Morgan fingerprint density at radius 1 is 0.950 bits per heavy atom. The van der Waals surface area contributed by atoms with Crippen molar-refractivity contribution in [1.29, 1.82) is 0 Å². The van der Waals surface area contributed by atoms with Crippen molar-refractivity contribution in [2.45, 2.75) is 50.7 Å². The Morgan fingerprint density at radius 2 is 1.65 bits per heavy atom. The molecule has 3 rings (SSSR count). The zero-order valence-electron chi connectivity index (χ0n) is 22.8. The Balaban J connectivity index is 2.05. The van der Waals surface area contributed by atoms with Crippen LogP contribution in [0.1, 0.15) is 32.8 Å². The lowest BCUT2D eigenvalue weighted by atomic mass is 10.1. The molecule has 0 heterocycles. The van der Waals surface area contributed by atoms with Gasteiger partial charge in [-0.3, -0.25) is 13.9 Å². The fraction of sp³-hybridized carbons (Fsp3) is 0.310. The average Bonchev–Trinajstić information content (AvgIpc) is 2.96.